The molecule has 0 rings (SSSR count). The number of hydrogen-bond donors (Lipinski definition) is 2. The minimum Gasteiger partial charge on any atom is -0.392 e. The molecule has 0 saturated heterocycles. The van der Waals surface area contributed by atoms with E-state index in [1.807, 2.05) is 5.32 Å². The van der Waals surface area contributed by atoms with E-state index < -0.39 is 24.5 Å². The molecule has 0 aliphatic heterocycles. The van der Waals surface area contributed by atoms with Crippen LogP contribution in [0.15, 0.2) is 0 Å². The molecule has 0 bridgehead atoms. The van der Waals surface area contributed by atoms with Gasteiger partial charge in [0.15, 0.2) is 0 Å². The first kappa shape index (κ1) is 15.6. The Morgan fingerprint density at radius 1 is 1.41 bits per heavy atom. The summed E-state index contributed by atoms with van der Waals surface area (Å²) < 4.78 is 36.2. The van der Waals surface area contributed by atoms with E-state index in [1.54, 1.807) is 0 Å². The highest BCUT2D eigenvalue weighted by molar-refractivity contribution is 7.80. The number of nitrogens with one attached hydrogen (secondary N) is 1. The SMILES string of the molecule is CCN(CC(F)(F)F)C(=O)C(=O)NCC(N)=S. The third-order valence-corrected chi connectivity index (χ3v) is 1.80. The minimum atomic E-state index is -4.55. The summed E-state index contributed by atoms with van der Waals surface area (Å²) in [6, 6.07) is 0. The second-order valence-corrected chi connectivity index (χ2v) is 3.61. The summed E-state index contributed by atoms with van der Waals surface area (Å²) in [4.78, 5) is 22.8. The third kappa shape index (κ3) is 6.72. The molecule has 17 heavy (non-hydrogen) atoms. The Labute approximate surface area is 101 Å². The molecule has 0 aromatic carbocycles. The van der Waals surface area contributed by atoms with Crippen molar-refractivity contribution in [2.24, 2.45) is 5.73 Å². The van der Waals surface area contributed by atoms with Crippen molar-refractivity contribution in [2.45, 2.75) is 13.1 Å². The molecule has 0 aromatic heterocycles. The summed E-state index contributed by atoms with van der Waals surface area (Å²) in [6.07, 6.45) is -4.55. The van der Waals surface area contributed by atoms with E-state index >= 15 is 0 Å². The number of thiocarbonyl (C=S) groups is 1. The van der Waals surface area contributed by atoms with E-state index in [0.29, 0.717) is 4.90 Å². The van der Waals surface area contributed by atoms with E-state index in [9.17, 15) is 22.8 Å². The number of rotatable bonds is 4. The summed E-state index contributed by atoms with van der Waals surface area (Å²) >= 11 is 4.44. The van der Waals surface area contributed by atoms with Crippen LogP contribution >= 0.6 is 12.2 Å². The monoisotopic (exact) mass is 271 g/mol. The summed E-state index contributed by atoms with van der Waals surface area (Å²) in [7, 11) is 0. The van der Waals surface area contributed by atoms with Gasteiger partial charge in [-0.15, -0.1) is 0 Å². The molecule has 0 heterocycles. The van der Waals surface area contributed by atoms with Gasteiger partial charge in [0.25, 0.3) is 0 Å². The fourth-order valence-corrected chi connectivity index (χ4v) is 1.00. The van der Waals surface area contributed by atoms with Crippen LogP contribution in [0.4, 0.5) is 13.2 Å². The number of halogens is 3. The van der Waals surface area contributed by atoms with Gasteiger partial charge in [0, 0.05) is 6.54 Å². The Hall–Kier alpha value is -1.38. The topological polar surface area (TPSA) is 75.4 Å². The fourth-order valence-electron chi connectivity index (χ4n) is 0.930. The minimum absolute atomic E-state index is 0.0648. The van der Waals surface area contributed by atoms with Crippen LogP contribution in [0.2, 0.25) is 0 Å². The maximum absolute atomic E-state index is 12.1. The Balaban J connectivity index is 4.43. The zero-order valence-electron chi connectivity index (χ0n) is 9.00. The number of nitrogens with zero attached hydrogens (tertiary/aromatic N) is 1. The van der Waals surface area contributed by atoms with Crippen molar-refractivity contribution < 1.29 is 22.8 Å². The molecular weight excluding hydrogens is 259 g/mol. The quantitative estimate of drug-likeness (QED) is 0.548. The molecule has 0 aliphatic rings. The van der Waals surface area contributed by atoms with Crippen LogP contribution in [0.1, 0.15) is 6.92 Å². The first-order chi connectivity index (χ1) is 7.67. The highest BCUT2D eigenvalue weighted by atomic mass is 32.1. The molecule has 2 amide bonds. The summed E-state index contributed by atoms with van der Waals surface area (Å²) in [5.41, 5.74) is 5.06. The predicted octanol–water partition coefficient (Wildman–Crippen LogP) is -0.201. The number of carbonyl (C=O) groups is 2. The van der Waals surface area contributed by atoms with Crippen molar-refractivity contribution in [1.29, 1.82) is 0 Å². The number of nitrogens with two attached hydrogens (primary N) is 1. The molecule has 5 nitrogen and oxygen atoms in total. The largest absolute Gasteiger partial charge is 0.406 e. The first-order valence-corrected chi connectivity index (χ1v) is 5.00. The normalized spacial score (nSPS) is 10.8. The van der Waals surface area contributed by atoms with Gasteiger partial charge >= 0.3 is 18.0 Å². The molecule has 0 fully saturated rings. The predicted molar refractivity (Wildman–Crippen MR) is 58.1 cm³/mol. The second-order valence-electron chi connectivity index (χ2n) is 3.08. The Kier molecular flexibility index (Phi) is 5.86. The number of hydrogen-bond acceptors (Lipinski definition) is 3. The molecule has 0 unspecified atom stereocenters. The molecular formula is C8H12F3N3O2S. The van der Waals surface area contributed by atoms with Gasteiger partial charge in [-0.1, -0.05) is 12.2 Å². The maximum atomic E-state index is 12.1. The van der Waals surface area contributed by atoms with Crippen LogP contribution < -0.4 is 11.1 Å². The summed E-state index contributed by atoms with van der Waals surface area (Å²) in [6.45, 7) is -0.588. The van der Waals surface area contributed by atoms with Crippen LogP contribution in [0, 0.1) is 0 Å². The Bertz CT molecular complexity index is 320. The summed E-state index contributed by atoms with van der Waals surface area (Å²) in [5.74, 6) is -2.43. The lowest BCUT2D eigenvalue weighted by molar-refractivity contribution is -0.164. The van der Waals surface area contributed by atoms with Crippen LogP contribution in [0.5, 0.6) is 0 Å². The van der Waals surface area contributed by atoms with E-state index in [1.165, 1.54) is 6.92 Å². The number of likely N-dealkylation sites (N-methyl/N-ethyl adjacent to an activating group) is 1. The van der Waals surface area contributed by atoms with E-state index in [-0.39, 0.29) is 18.1 Å². The summed E-state index contributed by atoms with van der Waals surface area (Å²) in [5, 5.41) is 2.02. The molecule has 98 valence electrons. The molecule has 0 radical (unpaired) electrons. The van der Waals surface area contributed by atoms with Crippen LogP contribution in [-0.2, 0) is 9.59 Å². The zero-order chi connectivity index (χ0) is 13.6. The zero-order valence-corrected chi connectivity index (χ0v) is 9.82. The first-order valence-electron chi connectivity index (χ1n) is 4.59. The molecule has 3 N–H and O–H groups in total. The van der Waals surface area contributed by atoms with Gasteiger partial charge in [-0.2, -0.15) is 13.2 Å². The highest BCUT2D eigenvalue weighted by Crippen LogP contribution is 2.16. The molecule has 0 saturated carbocycles. The number of alkyl halides is 3. The lowest BCUT2D eigenvalue weighted by Crippen LogP contribution is -2.47. The number of carbonyl (C=O) groups excluding carboxylic acids is 2. The van der Waals surface area contributed by atoms with Crippen molar-refractivity contribution in [2.75, 3.05) is 19.6 Å². The van der Waals surface area contributed by atoms with Gasteiger partial charge in [0.05, 0.1) is 11.5 Å². The van der Waals surface area contributed by atoms with Crippen molar-refractivity contribution in [3.63, 3.8) is 0 Å². The van der Waals surface area contributed by atoms with Crippen molar-refractivity contribution in [3.8, 4) is 0 Å². The Morgan fingerprint density at radius 3 is 2.29 bits per heavy atom. The third-order valence-electron chi connectivity index (χ3n) is 1.66. The van der Waals surface area contributed by atoms with Crippen LogP contribution in [0.3, 0.4) is 0 Å². The molecule has 0 aromatic rings. The van der Waals surface area contributed by atoms with Gasteiger partial charge in [0.1, 0.15) is 6.54 Å². The van der Waals surface area contributed by atoms with Gasteiger partial charge in [0.2, 0.25) is 0 Å². The Morgan fingerprint density at radius 2 is 1.94 bits per heavy atom. The molecule has 0 aliphatic carbocycles. The van der Waals surface area contributed by atoms with E-state index in [0.717, 1.165) is 0 Å². The lowest BCUT2D eigenvalue weighted by atomic mass is 10.4. The van der Waals surface area contributed by atoms with Crippen molar-refractivity contribution >= 4 is 29.0 Å². The lowest BCUT2D eigenvalue weighted by Gasteiger charge is -2.21. The van der Waals surface area contributed by atoms with E-state index in [4.69, 9.17) is 5.73 Å². The standard InChI is InChI=1S/C8H12F3N3O2S/c1-2-14(4-8(9,10)11)7(16)6(15)13-3-5(12)17/h2-4H2,1H3,(H2,12,17)(H,13,15). The molecule has 9 heteroatoms. The molecule has 0 atom stereocenters. The van der Waals surface area contributed by atoms with Gasteiger partial charge < -0.3 is 16.0 Å². The van der Waals surface area contributed by atoms with E-state index in [2.05, 4.69) is 12.2 Å². The molecule has 0 spiro atoms. The fraction of sp³-hybridized carbons (Fsp3) is 0.625. The van der Waals surface area contributed by atoms with Crippen molar-refractivity contribution in [3.05, 3.63) is 0 Å². The van der Waals surface area contributed by atoms with Gasteiger partial charge in [-0.3, -0.25) is 9.59 Å². The second kappa shape index (κ2) is 6.38. The number of amides is 2. The van der Waals surface area contributed by atoms with Crippen LogP contribution in [-0.4, -0.2) is 47.5 Å². The highest BCUT2D eigenvalue weighted by Gasteiger charge is 2.34. The smallest absolute Gasteiger partial charge is 0.392 e. The van der Waals surface area contributed by atoms with Gasteiger partial charge in [-0.05, 0) is 6.92 Å². The van der Waals surface area contributed by atoms with Gasteiger partial charge in [-0.25, -0.2) is 0 Å². The maximum Gasteiger partial charge on any atom is 0.406 e. The van der Waals surface area contributed by atoms with Crippen molar-refractivity contribution in [1.82, 2.24) is 10.2 Å². The van der Waals surface area contributed by atoms with Crippen LogP contribution in [0.25, 0.3) is 0 Å². The average Bonchev–Trinajstić information content (AvgIpc) is 2.20. The average molecular weight is 271 g/mol.